The molecule has 0 heterocycles. The Morgan fingerprint density at radius 3 is 2.28 bits per heavy atom. The largest absolute Gasteiger partial charge is 0.325 e. The zero-order valence-corrected chi connectivity index (χ0v) is 14.5. The predicted octanol–water partition coefficient (Wildman–Crippen LogP) is 3.24. The molecule has 3 aromatic carbocycles. The summed E-state index contributed by atoms with van der Waals surface area (Å²) in [5, 5.41) is 4.41. The van der Waals surface area contributed by atoms with Crippen LogP contribution in [0, 0.1) is 0 Å². The van der Waals surface area contributed by atoms with Crippen molar-refractivity contribution in [1.29, 1.82) is 0 Å². The lowest BCUT2D eigenvalue weighted by Gasteiger charge is -2.23. The van der Waals surface area contributed by atoms with Crippen LogP contribution in [0.2, 0.25) is 0 Å². The van der Waals surface area contributed by atoms with Crippen molar-refractivity contribution in [3.8, 4) is 0 Å². The average molecular weight is 354 g/mol. The van der Waals surface area contributed by atoms with Crippen molar-refractivity contribution in [2.75, 3.05) is 22.4 Å². The Hall–Kier alpha value is -2.86. The Labute approximate surface area is 146 Å². The maximum Gasteiger partial charge on any atom is 0.245 e. The third kappa shape index (κ3) is 3.97. The molecule has 3 aromatic rings. The van der Waals surface area contributed by atoms with E-state index in [0.717, 1.165) is 21.3 Å². The van der Waals surface area contributed by atoms with Gasteiger partial charge in [-0.1, -0.05) is 54.6 Å². The lowest BCUT2D eigenvalue weighted by molar-refractivity contribution is -0.114. The van der Waals surface area contributed by atoms with Crippen molar-refractivity contribution in [1.82, 2.24) is 0 Å². The number of sulfonamides is 1. The van der Waals surface area contributed by atoms with Crippen LogP contribution in [0.4, 0.5) is 11.4 Å². The number of rotatable bonds is 5. The fourth-order valence-electron chi connectivity index (χ4n) is 2.66. The zero-order chi connectivity index (χ0) is 17.9. The van der Waals surface area contributed by atoms with Crippen LogP contribution < -0.4 is 9.62 Å². The Morgan fingerprint density at radius 1 is 0.920 bits per heavy atom. The maximum absolute atomic E-state index is 12.4. The zero-order valence-electron chi connectivity index (χ0n) is 13.7. The molecule has 128 valence electrons. The summed E-state index contributed by atoms with van der Waals surface area (Å²) in [6.07, 6.45) is 1.10. The third-order valence-electron chi connectivity index (χ3n) is 3.78. The Bertz CT molecular complexity index is 996. The van der Waals surface area contributed by atoms with E-state index >= 15 is 0 Å². The fraction of sp³-hybridized carbons (Fsp3) is 0.105. The van der Waals surface area contributed by atoms with E-state index in [2.05, 4.69) is 5.32 Å². The van der Waals surface area contributed by atoms with E-state index in [1.165, 1.54) is 0 Å². The standard InChI is InChI=1S/C19H18N2O3S/c1-25(23,24)21(14-19(22)20-16-10-3-2-4-11-16)18-13-7-9-15-8-5-6-12-17(15)18/h2-13H,14H2,1H3,(H,20,22). The van der Waals surface area contributed by atoms with Crippen molar-refractivity contribution in [2.24, 2.45) is 0 Å². The number of benzene rings is 3. The molecule has 25 heavy (non-hydrogen) atoms. The van der Waals surface area contributed by atoms with E-state index in [0.29, 0.717) is 11.4 Å². The molecular weight excluding hydrogens is 336 g/mol. The van der Waals surface area contributed by atoms with Gasteiger partial charge in [-0.3, -0.25) is 9.10 Å². The molecule has 0 fully saturated rings. The normalized spacial score (nSPS) is 11.2. The molecule has 0 spiro atoms. The molecule has 1 amide bonds. The Kier molecular flexibility index (Phi) is 4.72. The number of nitrogens with one attached hydrogen (secondary N) is 1. The topological polar surface area (TPSA) is 66.5 Å². The molecule has 6 heteroatoms. The minimum atomic E-state index is -3.62. The summed E-state index contributed by atoms with van der Waals surface area (Å²) in [6, 6.07) is 21.8. The van der Waals surface area contributed by atoms with Crippen LogP contribution in [0.3, 0.4) is 0 Å². The van der Waals surface area contributed by atoms with Gasteiger partial charge in [-0.15, -0.1) is 0 Å². The summed E-state index contributed by atoms with van der Waals surface area (Å²) < 4.78 is 25.8. The molecule has 5 nitrogen and oxygen atoms in total. The first-order valence-electron chi connectivity index (χ1n) is 7.75. The van der Waals surface area contributed by atoms with Crippen molar-refractivity contribution < 1.29 is 13.2 Å². The van der Waals surface area contributed by atoms with Crippen LogP contribution in [-0.2, 0) is 14.8 Å². The van der Waals surface area contributed by atoms with Gasteiger partial charge in [0.25, 0.3) is 0 Å². The smallest absolute Gasteiger partial charge is 0.245 e. The summed E-state index contributed by atoms with van der Waals surface area (Å²) in [5.74, 6) is -0.399. The molecule has 0 aliphatic rings. The van der Waals surface area contributed by atoms with Gasteiger partial charge in [0, 0.05) is 11.1 Å². The number of carbonyl (C=O) groups is 1. The Balaban J connectivity index is 1.94. The van der Waals surface area contributed by atoms with Crippen LogP contribution in [0.1, 0.15) is 0 Å². The highest BCUT2D eigenvalue weighted by atomic mass is 32.2. The number of anilines is 2. The monoisotopic (exact) mass is 354 g/mol. The highest BCUT2D eigenvalue weighted by Crippen LogP contribution is 2.28. The summed E-state index contributed by atoms with van der Waals surface area (Å²) in [4.78, 5) is 12.4. The summed E-state index contributed by atoms with van der Waals surface area (Å²) in [6.45, 7) is -0.290. The molecule has 0 saturated heterocycles. The molecule has 0 bridgehead atoms. The lowest BCUT2D eigenvalue weighted by atomic mass is 10.1. The van der Waals surface area contributed by atoms with Gasteiger partial charge >= 0.3 is 0 Å². The lowest BCUT2D eigenvalue weighted by Crippen LogP contribution is -2.37. The third-order valence-corrected chi connectivity index (χ3v) is 4.91. The number of nitrogens with zero attached hydrogens (tertiary/aromatic N) is 1. The molecule has 0 atom stereocenters. The minimum Gasteiger partial charge on any atom is -0.325 e. The number of hydrogen-bond acceptors (Lipinski definition) is 3. The van der Waals surface area contributed by atoms with Crippen LogP contribution in [0.5, 0.6) is 0 Å². The molecule has 0 radical (unpaired) electrons. The van der Waals surface area contributed by atoms with Crippen molar-refractivity contribution in [2.45, 2.75) is 0 Å². The van der Waals surface area contributed by atoms with E-state index < -0.39 is 15.9 Å². The number of para-hydroxylation sites is 1. The van der Waals surface area contributed by atoms with Gasteiger partial charge < -0.3 is 5.32 Å². The van der Waals surface area contributed by atoms with Gasteiger partial charge in [-0.2, -0.15) is 0 Å². The maximum atomic E-state index is 12.4. The van der Waals surface area contributed by atoms with Crippen molar-refractivity contribution in [3.05, 3.63) is 72.8 Å². The van der Waals surface area contributed by atoms with Crippen molar-refractivity contribution >= 4 is 38.1 Å². The molecule has 0 aliphatic carbocycles. The second-order valence-electron chi connectivity index (χ2n) is 5.68. The van der Waals surface area contributed by atoms with E-state index in [-0.39, 0.29) is 6.54 Å². The van der Waals surface area contributed by atoms with Crippen molar-refractivity contribution in [3.63, 3.8) is 0 Å². The highest BCUT2D eigenvalue weighted by molar-refractivity contribution is 7.92. The predicted molar refractivity (Wildman–Crippen MR) is 101 cm³/mol. The van der Waals surface area contributed by atoms with Crippen LogP contribution >= 0.6 is 0 Å². The van der Waals surface area contributed by atoms with Crippen LogP contribution in [-0.4, -0.2) is 27.1 Å². The number of hydrogen-bond donors (Lipinski definition) is 1. The number of amides is 1. The molecule has 1 N–H and O–H groups in total. The molecule has 3 rings (SSSR count). The second kappa shape index (κ2) is 6.94. The van der Waals surface area contributed by atoms with Crippen LogP contribution in [0.25, 0.3) is 10.8 Å². The SMILES string of the molecule is CS(=O)(=O)N(CC(=O)Nc1ccccc1)c1cccc2ccccc12. The van der Waals surface area contributed by atoms with Crippen LogP contribution in [0.15, 0.2) is 72.8 Å². The highest BCUT2D eigenvalue weighted by Gasteiger charge is 2.22. The van der Waals surface area contributed by atoms with E-state index in [4.69, 9.17) is 0 Å². The van der Waals surface area contributed by atoms with E-state index in [9.17, 15) is 13.2 Å². The average Bonchev–Trinajstić information content (AvgIpc) is 2.59. The van der Waals surface area contributed by atoms with Gasteiger partial charge in [0.2, 0.25) is 15.9 Å². The quantitative estimate of drug-likeness (QED) is 0.765. The first kappa shape index (κ1) is 17.0. The molecule has 0 unspecified atom stereocenters. The van der Waals surface area contributed by atoms with Gasteiger partial charge in [-0.25, -0.2) is 8.42 Å². The minimum absolute atomic E-state index is 0.290. The first-order valence-corrected chi connectivity index (χ1v) is 9.60. The number of fused-ring (bicyclic) bond motifs is 1. The fourth-order valence-corrected chi connectivity index (χ4v) is 3.53. The first-order chi connectivity index (χ1) is 11.9. The number of carbonyl (C=O) groups excluding carboxylic acids is 1. The molecular formula is C19H18N2O3S. The summed E-state index contributed by atoms with van der Waals surface area (Å²) in [5.41, 5.74) is 1.11. The summed E-state index contributed by atoms with van der Waals surface area (Å²) in [7, 11) is -3.62. The van der Waals surface area contributed by atoms with E-state index in [1.807, 2.05) is 36.4 Å². The summed E-state index contributed by atoms with van der Waals surface area (Å²) >= 11 is 0. The Morgan fingerprint density at radius 2 is 1.56 bits per heavy atom. The molecule has 0 saturated carbocycles. The molecule has 0 aromatic heterocycles. The van der Waals surface area contributed by atoms with Gasteiger partial charge in [0.05, 0.1) is 11.9 Å². The van der Waals surface area contributed by atoms with E-state index in [1.54, 1.807) is 36.4 Å². The van der Waals surface area contributed by atoms with Gasteiger partial charge in [-0.05, 0) is 23.6 Å². The molecule has 0 aliphatic heterocycles. The van der Waals surface area contributed by atoms with Gasteiger partial charge in [0.1, 0.15) is 6.54 Å². The second-order valence-corrected chi connectivity index (χ2v) is 7.59. The van der Waals surface area contributed by atoms with Gasteiger partial charge in [0.15, 0.2) is 0 Å².